The SMILES string of the molecule is O=C(CCCCCCC(=O)[C]12[CH]3[CH]4[CH]5[CH]1[Fe]45321678[CH]2[CH]1[CH]6[C]7(C(=O)C=Cc1ccccc1)[CH]28)c1ccccc1. The predicted molar refractivity (Wildman–Crippen MR) is 139 cm³/mol. The van der Waals surface area contributed by atoms with Crippen molar-refractivity contribution in [1.29, 1.82) is 0 Å². The molecule has 10 heterocycles. The summed E-state index contributed by atoms with van der Waals surface area (Å²) in [4.78, 5) is 47.4. The van der Waals surface area contributed by atoms with Crippen LogP contribution in [-0.2, 0) is 16.1 Å². The van der Waals surface area contributed by atoms with Crippen LogP contribution in [0.3, 0.4) is 0 Å². The van der Waals surface area contributed by atoms with Gasteiger partial charge in [-0.2, -0.15) is 0 Å². The van der Waals surface area contributed by atoms with Gasteiger partial charge >= 0.3 is 202 Å². The Labute approximate surface area is 207 Å². The average molecular weight is 532 g/mol. The van der Waals surface area contributed by atoms with E-state index in [0.29, 0.717) is 18.0 Å². The molecule has 1 spiro atoms. The zero-order chi connectivity index (χ0) is 24.5. The van der Waals surface area contributed by atoms with E-state index < -0.39 is 6.51 Å². The first-order valence-electron chi connectivity index (χ1n) is 14.4. The summed E-state index contributed by atoms with van der Waals surface area (Å²) in [6, 6.07) is 19.8. The van der Waals surface area contributed by atoms with Crippen LogP contribution in [0.4, 0.5) is 0 Å². The fourth-order valence-electron chi connectivity index (χ4n) is 20.7. The molecule has 10 fully saturated rings. The molecule has 12 rings (SSSR count). The third kappa shape index (κ3) is 0.466. The summed E-state index contributed by atoms with van der Waals surface area (Å²) in [6.07, 6.45) is 9.29. The average Bonchev–Trinajstić information content (AvgIpc) is 3.88. The summed E-state index contributed by atoms with van der Waals surface area (Å²) < 4.78 is 0.182. The first-order valence-corrected chi connectivity index (χ1v) is 20.6. The van der Waals surface area contributed by atoms with Crippen molar-refractivity contribution in [2.24, 2.45) is 0 Å². The maximum absolute atomic E-state index is 14.1. The zero-order valence-corrected chi connectivity index (χ0v) is 22.0. The third-order valence-corrected chi connectivity index (χ3v) is 62.2. The van der Waals surface area contributed by atoms with Crippen LogP contribution >= 0.6 is 0 Å². The van der Waals surface area contributed by atoms with Crippen LogP contribution in [-0.4, -0.2) is 17.3 Å². The zero-order valence-electron chi connectivity index (χ0n) is 20.9. The number of fused-ring (bicyclic) bond motifs is 10. The van der Waals surface area contributed by atoms with E-state index in [2.05, 4.69) is 12.1 Å². The number of allylic oxidation sites excluding steroid dienone is 1. The number of ketones is 3. The number of hydrogen-bond donors (Lipinski definition) is 0. The first-order chi connectivity index (χ1) is 17.8. The van der Waals surface area contributed by atoms with Gasteiger partial charge in [-0.1, -0.05) is 6.07 Å². The molecule has 0 saturated carbocycles. The minimum absolute atomic E-state index is 0.0626. The Kier molecular flexibility index (Phi) is 1.47. The number of rotatable bonds is 12. The predicted octanol–water partition coefficient (Wildman–Crippen LogP) is 8.19. The van der Waals surface area contributed by atoms with E-state index in [1.54, 1.807) is 0 Å². The summed E-state index contributed by atoms with van der Waals surface area (Å²) in [5.74, 6) is 1.34. The minimum atomic E-state index is -4.09. The van der Waals surface area contributed by atoms with Crippen LogP contribution in [0.15, 0.2) is 66.7 Å². The molecule has 0 aliphatic carbocycles. The number of Topliss-reactive ketones (excluding diaryl/α,β-unsaturated/α-hetero) is 2. The van der Waals surface area contributed by atoms with Crippen LogP contribution in [0.5, 0.6) is 0 Å². The molecule has 2 aromatic rings. The van der Waals surface area contributed by atoms with Gasteiger partial charge in [0.05, 0.1) is 0 Å². The van der Waals surface area contributed by atoms with Crippen LogP contribution in [0, 0.1) is 0 Å². The molecule has 0 radical (unpaired) electrons. The summed E-state index contributed by atoms with van der Waals surface area (Å²) in [7, 11) is 0. The van der Waals surface area contributed by atoms with Crippen LogP contribution < -0.4 is 0 Å². The number of carbonyl (C=O) groups is 3. The van der Waals surface area contributed by atoms with E-state index >= 15 is 0 Å². The van der Waals surface area contributed by atoms with Crippen molar-refractivity contribution in [2.45, 2.75) is 85.7 Å². The second-order valence-electron chi connectivity index (χ2n) is 16.0. The van der Waals surface area contributed by atoms with Gasteiger partial charge in [-0.25, -0.2) is 0 Å². The van der Waals surface area contributed by atoms with Crippen molar-refractivity contribution in [3.05, 3.63) is 77.9 Å². The molecule has 37 heavy (non-hydrogen) atoms. The van der Waals surface area contributed by atoms with E-state index in [1.807, 2.05) is 60.7 Å². The molecule has 4 heteroatoms. The second-order valence-corrected chi connectivity index (χ2v) is 39.2. The van der Waals surface area contributed by atoms with Crippen molar-refractivity contribution in [3.8, 4) is 0 Å². The van der Waals surface area contributed by atoms with E-state index in [4.69, 9.17) is 0 Å². The Hall–Kier alpha value is -2.29. The van der Waals surface area contributed by atoms with Gasteiger partial charge < -0.3 is 0 Å². The Morgan fingerprint density at radius 2 is 1.22 bits per heavy atom. The van der Waals surface area contributed by atoms with Crippen LogP contribution in [0.25, 0.3) is 6.08 Å². The van der Waals surface area contributed by atoms with Gasteiger partial charge in [-0.15, -0.1) is 0 Å². The van der Waals surface area contributed by atoms with E-state index in [0.717, 1.165) is 81.8 Å². The van der Waals surface area contributed by atoms with Crippen molar-refractivity contribution in [2.75, 3.05) is 0 Å². The van der Waals surface area contributed by atoms with Gasteiger partial charge in [0.15, 0.2) is 0 Å². The van der Waals surface area contributed by atoms with Crippen molar-refractivity contribution < 1.29 is 20.9 Å². The molecule has 2 aromatic carbocycles. The molecule has 10 aliphatic heterocycles. The molecule has 10 aliphatic rings. The topological polar surface area (TPSA) is 51.2 Å². The molecule has 0 amide bonds. The fourth-order valence-corrected chi connectivity index (χ4v) is 96.5. The summed E-state index contributed by atoms with van der Waals surface area (Å²) >= 11 is 0. The summed E-state index contributed by atoms with van der Waals surface area (Å²) in [5, 5.41) is 0. The van der Waals surface area contributed by atoms with Crippen LogP contribution in [0.1, 0.15) is 54.4 Å². The maximum atomic E-state index is 14.1. The quantitative estimate of drug-likeness (QED) is 0.120. The van der Waals surface area contributed by atoms with Gasteiger partial charge in [-0.05, 0) is 0 Å². The van der Waals surface area contributed by atoms with Crippen LogP contribution in [0.2, 0.25) is 47.2 Å². The molecular formula is C33H32FeO3. The third-order valence-electron chi connectivity index (χ3n) is 19.5. The fraction of sp³-hybridized carbons (Fsp3) is 0.485. The molecule has 8 unspecified atom stereocenters. The van der Waals surface area contributed by atoms with Gasteiger partial charge in [0, 0.05) is 0 Å². The van der Waals surface area contributed by atoms with E-state index in [9.17, 15) is 14.4 Å². The Bertz CT molecular complexity index is 1940. The van der Waals surface area contributed by atoms with Crippen molar-refractivity contribution in [1.82, 2.24) is 0 Å². The summed E-state index contributed by atoms with van der Waals surface area (Å²) in [6.45, 7) is -4.09. The molecule has 10 saturated heterocycles. The Balaban J connectivity index is 0.789. The van der Waals surface area contributed by atoms with Crippen molar-refractivity contribution >= 4 is 23.4 Å². The van der Waals surface area contributed by atoms with Gasteiger partial charge in [0.1, 0.15) is 0 Å². The molecular weight excluding hydrogens is 500 g/mol. The Morgan fingerprint density at radius 1 is 0.676 bits per heavy atom. The van der Waals surface area contributed by atoms with Gasteiger partial charge in [0.25, 0.3) is 0 Å². The molecule has 3 nitrogen and oxygen atoms in total. The monoisotopic (exact) mass is 532 g/mol. The first kappa shape index (κ1) is 18.9. The van der Waals surface area contributed by atoms with E-state index in [-0.39, 0.29) is 14.4 Å². The molecule has 190 valence electrons. The van der Waals surface area contributed by atoms with Gasteiger partial charge in [0.2, 0.25) is 0 Å². The number of unbranched alkanes of at least 4 members (excludes halogenated alkanes) is 3. The van der Waals surface area contributed by atoms with E-state index in [1.165, 1.54) is 0 Å². The standard InChI is InChI=1S/C19H21O2.C14H11O.Fe/c20-18(16-10-4-3-5-11-16)14-6-1-2-7-15-19(21)17-12-8-9-13-17;15-14(13-8-4-5-9-13)11-10-12-6-2-1-3-7-12;/h3-5,8-13H,1-2,6-7,14-15H2;1-11H;. The van der Waals surface area contributed by atoms with Crippen molar-refractivity contribution in [3.63, 3.8) is 0 Å². The number of hydrogen-bond acceptors (Lipinski definition) is 3. The summed E-state index contributed by atoms with van der Waals surface area (Å²) in [5.41, 5.74) is 1.92. The molecule has 0 bridgehead atoms. The molecule has 8 atom stereocenters. The number of carbonyl (C=O) groups excluding carboxylic acids is 3. The normalized spacial score (nSPS) is 62.9. The number of benzene rings is 2. The van der Waals surface area contributed by atoms with Gasteiger partial charge in [-0.3, -0.25) is 0 Å². The second kappa shape index (κ2) is 2.89. The Morgan fingerprint density at radius 3 is 1.81 bits per heavy atom. The molecule has 0 aromatic heterocycles. The molecule has 0 N–H and O–H groups in total.